The Bertz CT molecular complexity index is 1290. The molecule has 2 aliphatic rings. The predicted octanol–water partition coefficient (Wildman–Crippen LogP) is 9.75. The van der Waals surface area contributed by atoms with Crippen molar-refractivity contribution in [3.05, 3.63) is 71.8 Å². The zero-order chi connectivity index (χ0) is 34.9. The Hall–Kier alpha value is -1.37. The van der Waals surface area contributed by atoms with Gasteiger partial charge >= 0.3 is 0 Å². The van der Waals surface area contributed by atoms with Crippen LogP contribution in [-0.2, 0) is 41.0 Å². The lowest BCUT2D eigenvalue weighted by atomic mass is 9.57. The quantitative estimate of drug-likeness (QED) is 0.208. The molecule has 1 heterocycles. The highest BCUT2D eigenvalue weighted by Gasteiger charge is 2.67. The molecule has 2 aromatic carbocycles. The molecule has 0 radical (unpaired) electrons. The molecule has 0 aromatic heterocycles. The highest BCUT2D eigenvalue weighted by molar-refractivity contribution is 6.74. The first kappa shape index (κ1) is 38.4. The lowest BCUT2D eigenvalue weighted by Gasteiger charge is -2.64. The standard InChI is InChI=1S/C39H64O6Si2/c1-35(2,3)46(10,11)43-28-38(9)32-27-42-37(7,8)45-39(32,29-40-25-30-20-16-14-17-21-30)34(41-26-31-22-18-15-19-23-31)24-33(38)44-47(12,13)36(4,5)6/h14-23,32-34H,24-29H2,1-13H3/t32-,33-,34-,38-,39+/m0/s1. The van der Waals surface area contributed by atoms with Crippen molar-refractivity contribution in [1.82, 2.24) is 0 Å². The Morgan fingerprint density at radius 1 is 0.723 bits per heavy atom. The molecule has 0 unspecified atom stereocenters. The maximum atomic E-state index is 7.45. The molecule has 0 amide bonds. The Balaban J connectivity index is 1.81. The molecular weight excluding hydrogens is 621 g/mol. The minimum absolute atomic E-state index is 0.0451. The Morgan fingerprint density at radius 3 is 1.79 bits per heavy atom. The zero-order valence-corrected chi connectivity index (χ0v) is 33.7. The second kappa shape index (κ2) is 14.1. The van der Waals surface area contributed by atoms with Gasteiger partial charge in [0, 0.05) is 24.4 Å². The summed E-state index contributed by atoms with van der Waals surface area (Å²) in [5.41, 5.74) is 1.05. The van der Waals surface area contributed by atoms with Crippen LogP contribution in [0.4, 0.5) is 0 Å². The van der Waals surface area contributed by atoms with Crippen molar-refractivity contribution in [2.24, 2.45) is 11.3 Å². The van der Waals surface area contributed by atoms with Crippen LogP contribution in [0.5, 0.6) is 0 Å². The molecule has 5 atom stereocenters. The Labute approximate surface area is 288 Å². The van der Waals surface area contributed by atoms with Gasteiger partial charge in [-0.1, -0.05) is 109 Å². The van der Waals surface area contributed by atoms with Crippen LogP contribution in [0.15, 0.2) is 60.7 Å². The average molecular weight is 685 g/mol. The summed E-state index contributed by atoms with van der Waals surface area (Å²) in [6, 6.07) is 20.8. The Kier molecular flexibility index (Phi) is 11.5. The largest absolute Gasteiger partial charge is 0.416 e. The molecule has 8 heteroatoms. The average Bonchev–Trinajstić information content (AvgIpc) is 2.96. The van der Waals surface area contributed by atoms with E-state index in [-0.39, 0.29) is 28.2 Å². The first-order valence-electron chi connectivity index (χ1n) is 17.6. The van der Waals surface area contributed by atoms with Gasteiger partial charge < -0.3 is 27.8 Å². The smallest absolute Gasteiger partial charge is 0.192 e. The van der Waals surface area contributed by atoms with Crippen LogP contribution >= 0.6 is 0 Å². The molecule has 0 spiro atoms. The summed E-state index contributed by atoms with van der Waals surface area (Å²) in [4.78, 5) is 0. The topological polar surface area (TPSA) is 55.4 Å². The molecule has 1 aliphatic heterocycles. The summed E-state index contributed by atoms with van der Waals surface area (Å²) in [5, 5.41) is 0.121. The normalized spacial score (nSPS) is 28.6. The fourth-order valence-corrected chi connectivity index (χ4v) is 9.01. The minimum Gasteiger partial charge on any atom is -0.416 e. The van der Waals surface area contributed by atoms with E-state index in [1.54, 1.807) is 0 Å². The van der Waals surface area contributed by atoms with Gasteiger partial charge in [-0.3, -0.25) is 0 Å². The van der Waals surface area contributed by atoms with Crippen molar-refractivity contribution in [3.8, 4) is 0 Å². The van der Waals surface area contributed by atoms with Gasteiger partial charge in [0.15, 0.2) is 22.4 Å². The van der Waals surface area contributed by atoms with Crippen molar-refractivity contribution in [2.45, 2.75) is 142 Å². The maximum Gasteiger partial charge on any atom is 0.192 e. The van der Waals surface area contributed by atoms with E-state index in [1.165, 1.54) is 0 Å². The van der Waals surface area contributed by atoms with Gasteiger partial charge in [-0.15, -0.1) is 0 Å². The van der Waals surface area contributed by atoms with Crippen molar-refractivity contribution < 1.29 is 27.8 Å². The monoisotopic (exact) mass is 684 g/mol. The third-order valence-electron chi connectivity index (χ3n) is 11.7. The zero-order valence-electron chi connectivity index (χ0n) is 31.7. The number of benzene rings is 2. The Morgan fingerprint density at radius 2 is 1.26 bits per heavy atom. The first-order valence-corrected chi connectivity index (χ1v) is 23.4. The summed E-state index contributed by atoms with van der Waals surface area (Å²) in [7, 11) is -4.30. The third-order valence-corrected chi connectivity index (χ3v) is 20.6. The number of fused-ring (bicyclic) bond motifs is 1. The van der Waals surface area contributed by atoms with Gasteiger partial charge in [-0.05, 0) is 61.2 Å². The molecule has 1 saturated carbocycles. The molecule has 0 bridgehead atoms. The number of rotatable bonds is 12. The van der Waals surface area contributed by atoms with Crippen LogP contribution in [0, 0.1) is 11.3 Å². The van der Waals surface area contributed by atoms with E-state index in [4.69, 9.17) is 27.8 Å². The number of ether oxygens (including phenoxy) is 4. The van der Waals surface area contributed by atoms with E-state index in [0.717, 1.165) is 11.1 Å². The van der Waals surface area contributed by atoms with Gasteiger partial charge in [0.25, 0.3) is 0 Å². The van der Waals surface area contributed by atoms with Gasteiger partial charge in [0.1, 0.15) is 5.60 Å². The first-order chi connectivity index (χ1) is 21.6. The molecule has 6 nitrogen and oxygen atoms in total. The number of hydrogen-bond donors (Lipinski definition) is 0. The number of hydrogen-bond acceptors (Lipinski definition) is 6. The van der Waals surface area contributed by atoms with Gasteiger partial charge in [-0.25, -0.2) is 0 Å². The van der Waals surface area contributed by atoms with Crippen molar-refractivity contribution in [3.63, 3.8) is 0 Å². The van der Waals surface area contributed by atoms with E-state index in [0.29, 0.717) is 39.5 Å². The van der Waals surface area contributed by atoms with E-state index in [1.807, 2.05) is 26.0 Å². The molecule has 47 heavy (non-hydrogen) atoms. The third kappa shape index (κ3) is 8.69. The minimum atomic E-state index is -2.20. The molecule has 4 rings (SSSR count). The molecule has 0 N–H and O–H groups in total. The van der Waals surface area contributed by atoms with E-state index in [9.17, 15) is 0 Å². The summed E-state index contributed by atoms with van der Waals surface area (Å²) >= 11 is 0. The second-order valence-corrected chi connectivity index (χ2v) is 27.3. The molecular formula is C39H64O6Si2. The van der Waals surface area contributed by atoms with E-state index in [2.05, 4.69) is 123 Å². The van der Waals surface area contributed by atoms with Crippen LogP contribution < -0.4 is 0 Å². The van der Waals surface area contributed by atoms with Crippen LogP contribution in [-0.4, -0.2) is 60.1 Å². The van der Waals surface area contributed by atoms with E-state index >= 15 is 0 Å². The fourth-order valence-electron chi connectivity index (χ4n) is 6.48. The lowest BCUT2D eigenvalue weighted by molar-refractivity contribution is -0.395. The van der Waals surface area contributed by atoms with Crippen molar-refractivity contribution in [1.29, 1.82) is 0 Å². The highest BCUT2D eigenvalue weighted by Crippen LogP contribution is 2.57. The summed E-state index contributed by atoms with van der Waals surface area (Å²) in [6.45, 7) is 32.0. The van der Waals surface area contributed by atoms with E-state index < -0.39 is 33.4 Å². The summed E-state index contributed by atoms with van der Waals surface area (Å²) < 4.78 is 42.0. The molecule has 2 fully saturated rings. The molecule has 264 valence electrons. The fraction of sp³-hybridized carbons (Fsp3) is 0.692. The van der Waals surface area contributed by atoms with Gasteiger partial charge in [-0.2, -0.15) is 0 Å². The predicted molar refractivity (Wildman–Crippen MR) is 196 cm³/mol. The van der Waals surface area contributed by atoms with Crippen LogP contribution in [0.3, 0.4) is 0 Å². The van der Waals surface area contributed by atoms with Crippen molar-refractivity contribution >= 4 is 16.6 Å². The molecule has 1 saturated heterocycles. The maximum absolute atomic E-state index is 7.45. The lowest BCUT2D eigenvalue weighted by Crippen LogP contribution is -2.74. The second-order valence-electron chi connectivity index (χ2n) is 17.7. The van der Waals surface area contributed by atoms with Gasteiger partial charge in [0.2, 0.25) is 0 Å². The van der Waals surface area contributed by atoms with Gasteiger partial charge in [0.05, 0.1) is 38.6 Å². The van der Waals surface area contributed by atoms with Crippen LogP contribution in [0.2, 0.25) is 36.3 Å². The van der Waals surface area contributed by atoms with Crippen LogP contribution in [0.1, 0.15) is 79.9 Å². The SMILES string of the molecule is CC1(C)OC[C@H]2[C@](C)(CO[Si](C)(C)C(C)(C)C)[C@@H](O[Si](C)(C)C(C)(C)C)C[C@H](OCc3ccccc3)[C@]2(COCc2ccccc2)O1. The summed E-state index contributed by atoms with van der Waals surface area (Å²) in [6.07, 6.45) is 0.273. The van der Waals surface area contributed by atoms with Crippen molar-refractivity contribution in [2.75, 3.05) is 19.8 Å². The highest BCUT2D eigenvalue weighted by atomic mass is 28.4. The van der Waals surface area contributed by atoms with Crippen LogP contribution in [0.25, 0.3) is 0 Å². The molecule has 2 aromatic rings. The molecule has 1 aliphatic carbocycles. The summed E-state index contributed by atoms with van der Waals surface area (Å²) in [5.74, 6) is -0.914.